The number of benzene rings is 2. The second-order valence-electron chi connectivity index (χ2n) is 5.21. The molecule has 0 heterocycles. The lowest BCUT2D eigenvalue weighted by molar-refractivity contribution is 0.476. The van der Waals surface area contributed by atoms with Gasteiger partial charge in [-0.25, -0.2) is 0 Å². The molecule has 0 aromatic heterocycles. The molecular formula is C17H20ClNO. The van der Waals surface area contributed by atoms with Crippen molar-refractivity contribution < 1.29 is 4.74 Å². The maximum atomic E-state index is 6.20. The molecule has 0 bridgehead atoms. The van der Waals surface area contributed by atoms with Crippen LogP contribution in [0.3, 0.4) is 0 Å². The van der Waals surface area contributed by atoms with Gasteiger partial charge in [-0.3, -0.25) is 0 Å². The molecule has 2 aromatic rings. The van der Waals surface area contributed by atoms with Crippen molar-refractivity contribution in [1.29, 1.82) is 0 Å². The first kappa shape index (κ1) is 14.9. The molecule has 0 atom stereocenters. The molecule has 0 aliphatic carbocycles. The first-order chi connectivity index (χ1) is 9.52. The summed E-state index contributed by atoms with van der Waals surface area (Å²) in [5.41, 5.74) is 9.18. The number of rotatable bonds is 4. The van der Waals surface area contributed by atoms with Crippen LogP contribution in [0.25, 0.3) is 0 Å². The first-order valence-electron chi connectivity index (χ1n) is 6.78. The largest absolute Gasteiger partial charge is 0.455 e. The molecule has 20 heavy (non-hydrogen) atoms. The molecule has 0 saturated carbocycles. The summed E-state index contributed by atoms with van der Waals surface area (Å²) in [6.45, 7) is 6.87. The lowest BCUT2D eigenvalue weighted by Crippen LogP contribution is -2.00. The third-order valence-electron chi connectivity index (χ3n) is 3.35. The highest BCUT2D eigenvalue weighted by Gasteiger charge is 2.10. The van der Waals surface area contributed by atoms with Crippen LogP contribution >= 0.6 is 11.6 Å². The molecule has 2 rings (SSSR count). The lowest BCUT2D eigenvalue weighted by atomic mass is 9.98. The Kier molecular flexibility index (Phi) is 4.69. The van der Waals surface area contributed by atoms with Crippen LogP contribution in [0, 0.1) is 6.92 Å². The van der Waals surface area contributed by atoms with Crippen LogP contribution < -0.4 is 10.5 Å². The molecule has 3 heteroatoms. The van der Waals surface area contributed by atoms with E-state index in [2.05, 4.69) is 26.8 Å². The number of ether oxygens (including phenoxy) is 1. The zero-order valence-corrected chi connectivity index (χ0v) is 12.9. The normalized spacial score (nSPS) is 10.9. The number of halogens is 1. The molecular weight excluding hydrogens is 270 g/mol. The van der Waals surface area contributed by atoms with E-state index < -0.39 is 0 Å². The summed E-state index contributed by atoms with van der Waals surface area (Å²) in [6, 6.07) is 11.7. The minimum atomic E-state index is 0.402. The van der Waals surface area contributed by atoms with Crippen molar-refractivity contribution in [3.05, 3.63) is 58.1 Å². The average Bonchev–Trinajstić information content (AvgIpc) is 2.40. The Morgan fingerprint density at radius 2 is 1.95 bits per heavy atom. The Hall–Kier alpha value is -1.51. The molecule has 0 aliphatic rings. The van der Waals surface area contributed by atoms with Gasteiger partial charge in [-0.1, -0.05) is 43.6 Å². The fourth-order valence-corrected chi connectivity index (χ4v) is 2.54. The predicted octanol–water partition coefficient (Wildman–Crippen LogP) is 5.02. The van der Waals surface area contributed by atoms with Gasteiger partial charge in [-0.05, 0) is 42.2 Å². The van der Waals surface area contributed by atoms with Crippen LogP contribution in [0.5, 0.6) is 11.5 Å². The van der Waals surface area contributed by atoms with Gasteiger partial charge in [0.25, 0.3) is 0 Å². The lowest BCUT2D eigenvalue weighted by Gasteiger charge is -2.14. The summed E-state index contributed by atoms with van der Waals surface area (Å²) in [5, 5.41) is 0.582. The molecule has 2 nitrogen and oxygen atoms in total. The molecule has 0 aliphatic heterocycles. The molecule has 0 spiro atoms. The smallest absolute Gasteiger partial charge is 0.150 e. The van der Waals surface area contributed by atoms with E-state index in [1.807, 2.05) is 30.3 Å². The third kappa shape index (κ3) is 3.14. The topological polar surface area (TPSA) is 35.2 Å². The van der Waals surface area contributed by atoms with Gasteiger partial charge in [-0.15, -0.1) is 0 Å². The van der Waals surface area contributed by atoms with Gasteiger partial charge in [-0.2, -0.15) is 0 Å². The summed E-state index contributed by atoms with van der Waals surface area (Å²) in [4.78, 5) is 0. The zero-order chi connectivity index (χ0) is 14.7. The Labute approximate surface area is 125 Å². The molecule has 2 N–H and O–H groups in total. The predicted molar refractivity (Wildman–Crippen MR) is 84.7 cm³/mol. The highest BCUT2D eigenvalue weighted by Crippen LogP contribution is 2.34. The Bertz CT molecular complexity index is 608. The molecule has 0 saturated heterocycles. The Morgan fingerprint density at radius 1 is 1.20 bits per heavy atom. The quantitative estimate of drug-likeness (QED) is 0.857. The number of nitrogens with two attached hydrogens (primary N) is 1. The van der Waals surface area contributed by atoms with Crippen molar-refractivity contribution in [1.82, 2.24) is 0 Å². The van der Waals surface area contributed by atoms with Crippen molar-refractivity contribution in [3.63, 3.8) is 0 Å². The molecule has 2 aromatic carbocycles. The summed E-state index contributed by atoms with van der Waals surface area (Å²) in [5.74, 6) is 1.94. The Morgan fingerprint density at radius 3 is 2.55 bits per heavy atom. The molecule has 0 radical (unpaired) electrons. The minimum absolute atomic E-state index is 0.402. The fraction of sp³-hybridized carbons (Fsp3) is 0.294. The van der Waals surface area contributed by atoms with E-state index in [0.717, 1.165) is 11.3 Å². The minimum Gasteiger partial charge on any atom is -0.455 e. The van der Waals surface area contributed by atoms with Gasteiger partial charge in [0.1, 0.15) is 11.5 Å². The van der Waals surface area contributed by atoms with Gasteiger partial charge in [0.05, 0.1) is 5.02 Å². The maximum Gasteiger partial charge on any atom is 0.150 e. The van der Waals surface area contributed by atoms with Gasteiger partial charge in [0.2, 0.25) is 0 Å². The van der Waals surface area contributed by atoms with Crippen LogP contribution in [0.4, 0.5) is 0 Å². The van der Waals surface area contributed by atoms with Crippen LogP contribution in [0.15, 0.2) is 36.4 Å². The Balaban J connectivity index is 2.34. The summed E-state index contributed by atoms with van der Waals surface area (Å²) < 4.78 is 5.93. The van der Waals surface area contributed by atoms with Gasteiger partial charge < -0.3 is 10.5 Å². The van der Waals surface area contributed by atoms with Crippen LogP contribution in [0.1, 0.15) is 36.5 Å². The molecule has 0 amide bonds. The standard InChI is InChI=1S/C17H20ClNO/c1-11(2)15-8-7-14(9-12(15)3)20-17-13(10-19)5-4-6-16(17)18/h4-9,11H,10,19H2,1-3H3. The second-order valence-corrected chi connectivity index (χ2v) is 5.61. The zero-order valence-electron chi connectivity index (χ0n) is 12.1. The number of para-hydroxylation sites is 1. The molecule has 0 unspecified atom stereocenters. The average molecular weight is 290 g/mol. The molecule has 0 fully saturated rings. The van der Waals surface area contributed by atoms with Crippen LogP contribution in [-0.2, 0) is 6.54 Å². The van der Waals surface area contributed by atoms with Gasteiger partial charge >= 0.3 is 0 Å². The van der Waals surface area contributed by atoms with E-state index in [9.17, 15) is 0 Å². The highest BCUT2D eigenvalue weighted by atomic mass is 35.5. The van der Waals surface area contributed by atoms with Crippen molar-refractivity contribution in [3.8, 4) is 11.5 Å². The first-order valence-corrected chi connectivity index (χ1v) is 7.16. The highest BCUT2D eigenvalue weighted by molar-refractivity contribution is 6.32. The van der Waals surface area contributed by atoms with E-state index >= 15 is 0 Å². The monoisotopic (exact) mass is 289 g/mol. The van der Waals surface area contributed by atoms with Crippen molar-refractivity contribution >= 4 is 11.6 Å². The molecule has 106 valence electrons. The van der Waals surface area contributed by atoms with Gasteiger partial charge in [0, 0.05) is 12.1 Å². The van der Waals surface area contributed by atoms with E-state index in [-0.39, 0.29) is 0 Å². The van der Waals surface area contributed by atoms with E-state index in [1.165, 1.54) is 11.1 Å². The fourth-order valence-electron chi connectivity index (χ4n) is 2.31. The van der Waals surface area contributed by atoms with E-state index in [0.29, 0.717) is 23.2 Å². The van der Waals surface area contributed by atoms with Crippen LogP contribution in [-0.4, -0.2) is 0 Å². The van der Waals surface area contributed by atoms with E-state index in [4.69, 9.17) is 22.1 Å². The van der Waals surface area contributed by atoms with Crippen molar-refractivity contribution in [2.75, 3.05) is 0 Å². The van der Waals surface area contributed by atoms with Crippen molar-refractivity contribution in [2.24, 2.45) is 5.73 Å². The number of hydrogen-bond donors (Lipinski definition) is 1. The summed E-state index contributed by atoms with van der Waals surface area (Å²) in [6.07, 6.45) is 0. The third-order valence-corrected chi connectivity index (χ3v) is 3.65. The van der Waals surface area contributed by atoms with Crippen LogP contribution in [0.2, 0.25) is 5.02 Å². The SMILES string of the molecule is Cc1cc(Oc2c(Cl)cccc2CN)ccc1C(C)C. The summed E-state index contributed by atoms with van der Waals surface area (Å²) >= 11 is 6.20. The van der Waals surface area contributed by atoms with Crippen molar-refractivity contribution in [2.45, 2.75) is 33.2 Å². The number of hydrogen-bond acceptors (Lipinski definition) is 2. The van der Waals surface area contributed by atoms with E-state index in [1.54, 1.807) is 0 Å². The number of aryl methyl sites for hydroxylation is 1. The summed E-state index contributed by atoms with van der Waals surface area (Å²) in [7, 11) is 0. The second kappa shape index (κ2) is 6.29. The van der Waals surface area contributed by atoms with Gasteiger partial charge in [0.15, 0.2) is 0 Å². The maximum absolute atomic E-state index is 6.20.